The van der Waals surface area contributed by atoms with Crippen LogP contribution in [0.4, 0.5) is 0 Å². The summed E-state index contributed by atoms with van der Waals surface area (Å²) in [6.45, 7) is 3.62. The number of carbonyl (C=O) groups excluding carboxylic acids is 4. The molecule has 8 heteroatoms. The van der Waals surface area contributed by atoms with Crippen molar-refractivity contribution in [1.82, 2.24) is 0 Å². The van der Waals surface area contributed by atoms with Gasteiger partial charge in [0.1, 0.15) is 17.6 Å². The molecule has 2 N–H and O–H groups in total. The molecule has 1 atom stereocenters. The zero-order valence-corrected chi connectivity index (χ0v) is 19.1. The van der Waals surface area contributed by atoms with E-state index < -0.39 is 40.9 Å². The zero-order valence-electron chi connectivity index (χ0n) is 18.4. The lowest BCUT2D eigenvalue weighted by molar-refractivity contribution is -0.141. The Morgan fingerprint density at radius 2 is 1.59 bits per heavy atom. The van der Waals surface area contributed by atoms with Gasteiger partial charge < -0.3 is 14.9 Å². The summed E-state index contributed by atoms with van der Waals surface area (Å²) in [6.07, 6.45) is 3.58. The molecular weight excluding hydrogens is 460 g/mol. The molecule has 34 heavy (non-hydrogen) atoms. The van der Waals surface area contributed by atoms with Crippen molar-refractivity contribution < 1.29 is 34.1 Å². The van der Waals surface area contributed by atoms with Crippen molar-refractivity contribution in [3.8, 4) is 11.5 Å². The first-order valence-corrected chi connectivity index (χ1v) is 10.6. The molecule has 0 bridgehead atoms. The average Bonchev–Trinajstić information content (AvgIpc) is 2.79. The number of benzene rings is 2. The number of esters is 1. The Morgan fingerprint density at radius 3 is 2.21 bits per heavy atom. The Labute approximate surface area is 200 Å². The highest BCUT2D eigenvalue weighted by Gasteiger charge is 2.35. The number of carbonyl (C=O) groups is 4. The molecule has 0 aliphatic heterocycles. The van der Waals surface area contributed by atoms with Gasteiger partial charge in [-0.3, -0.25) is 14.4 Å². The van der Waals surface area contributed by atoms with Gasteiger partial charge in [0.25, 0.3) is 0 Å². The fraction of sp³-hybridized carbons (Fsp3) is 0.154. The molecule has 0 radical (unpaired) electrons. The fourth-order valence-corrected chi connectivity index (χ4v) is 3.46. The minimum absolute atomic E-state index is 0.0762. The third-order valence-electron chi connectivity index (χ3n) is 5.03. The third kappa shape index (κ3) is 5.50. The van der Waals surface area contributed by atoms with Gasteiger partial charge in [0.05, 0.1) is 11.1 Å². The summed E-state index contributed by atoms with van der Waals surface area (Å²) < 4.78 is 5.42. The highest BCUT2D eigenvalue weighted by molar-refractivity contribution is 6.30. The van der Waals surface area contributed by atoms with Crippen LogP contribution in [0.1, 0.15) is 51.3 Å². The van der Waals surface area contributed by atoms with E-state index in [2.05, 4.69) is 0 Å². The lowest BCUT2D eigenvalue weighted by atomic mass is 9.85. The molecule has 2 aromatic carbocycles. The van der Waals surface area contributed by atoms with Crippen molar-refractivity contribution in [2.75, 3.05) is 0 Å². The molecule has 0 unspecified atom stereocenters. The third-order valence-corrected chi connectivity index (χ3v) is 5.28. The van der Waals surface area contributed by atoms with Crippen LogP contribution in [-0.2, 0) is 9.53 Å². The maximum absolute atomic E-state index is 13.1. The molecule has 1 aliphatic carbocycles. The van der Waals surface area contributed by atoms with E-state index in [4.69, 9.17) is 16.3 Å². The standard InChI is InChI=1S/C26H21ClO7/c1-14(2)3-11-22(34-23(32)12-10-18(28)15-4-6-16(27)7-5-15)17-13-21(31)24-19(29)8-9-20(30)25(24)26(17)33/h3-10,12-13,22,29-30H,11H2,1-2H3/b12-10-/t22-/m1/s1. The molecule has 0 saturated carbocycles. The van der Waals surface area contributed by atoms with E-state index in [9.17, 15) is 29.4 Å². The molecule has 0 spiro atoms. The largest absolute Gasteiger partial charge is 0.507 e. The first kappa shape index (κ1) is 24.7. The lowest BCUT2D eigenvalue weighted by Crippen LogP contribution is -2.28. The molecule has 0 fully saturated rings. The molecular formula is C26H21ClO7. The van der Waals surface area contributed by atoms with Crippen molar-refractivity contribution >= 4 is 34.9 Å². The Kier molecular flexibility index (Phi) is 7.48. The topological polar surface area (TPSA) is 118 Å². The number of aromatic hydroxyl groups is 2. The van der Waals surface area contributed by atoms with Gasteiger partial charge in [-0.15, -0.1) is 0 Å². The minimum atomic E-state index is -1.16. The van der Waals surface area contributed by atoms with Crippen molar-refractivity contribution in [2.45, 2.75) is 26.4 Å². The summed E-state index contributed by atoms with van der Waals surface area (Å²) >= 11 is 5.80. The van der Waals surface area contributed by atoms with Crippen molar-refractivity contribution in [3.63, 3.8) is 0 Å². The van der Waals surface area contributed by atoms with Crippen molar-refractivity contribution in [3.05, 3.63) is 93.6 Å². The van der Waals surface area contributed by atoms with Crippen LogP contribution < -0.4 is 0 Å². The van der Waals surface area contributed by atoms with Crippen LogP contribution in [0.25, 0.3) is 0 Å². The summed E-state index contributed by atoms with van der Waals surface area (Å²) in [4.78, 5) is 50.4. The van der Waals surface area contributed by atoms with E-state index in [1.54, 1.807) is 18.2 Å². The first-order chi connectivity index (χ1) is 16.1. The monoisotopic (exact) mass is 480 g/mol. The molecule has 0 heterocycles. The number of ketones is 3. The minimum Gasteiger partial charge on any atom is -0.507 e. The Balaban J connectivity index is 1.87. The number of phenols is 2. The van der Waals surface area contributed by atoms with Gasteiger partial charge in [-0.25, -0.2) is 4.79 Å². The molecule has 3 rings (SSSR count). The Morgan fingerprint density at radius 1 is 0.971 bits per heavy atom. The second kappa shape index (κ2) is 10.3. The summed E-state index contributed by atoms with van der Waals surface area (Å²) in [7, 11) is 0. The van der Waals surface area contributed by atoms with E-state index >= 15 is 0 Å². The van der Waals surface area contributed by atoms with Crippen LogP contribution >= 0.6 is 11.6 Å². The Bertz CT molecular complexity index is 1260. The van der Waals surface area contributed by atoms with Crippen LogP contribution in [0.5, 0.6) is 11.5 Å². The van der Waals surface area contributed by atoms with Crippen molar-refractivity contribution in [1.29, 1.82) is 0 Å². The van der Waals surface area contributed by atoms with Crippen LogP contribution in [0.15, 0.2) is 71.8 Å². The van der Waals surface area contributed by atoms with Crippen LogP contribution in [0.3, 0.4) is 0 Å². The molecule has 0 aromatic heterocycles. The highest BCUT2D eigenvalue weighted by Crippen LogP contribution is 2.36. The second-order valence-corrected chi connectivity index (χ2v) is 8.23. The van der Waals surface area contributed by atoms with Gasteiger partial charge in [-0.05, 0) is 62.4 Å². The lowest BCUT2D eigenvalue weighted by Gasteiger charge is -2.23. The molecule has 2 aromatic rings. The first-order valence-electron chi connectivity index (χ1n) is 10.3. The quantitative estimate of drug-likeness (QED) is 0.193. The normalized spacial score (nSPS) is 13.8. The van der Waals surface area contributed by atoms with E-state index in [0.29, 0.717) is 10.6 Å². The van der Waals surface area contributed by atoms with E-state index in [1.807, 2.05) is 13.8 Å². The average molecular weight is 481 g/mol. The van der Waals surface area contributed by atoms with E-state index in [-0.39, 0.29) is 23.1 Å². The maximum atomic E-state index is 13.1. The number of hydrogen-bond acceptors (Lipinski definition) is 7. The Hall–Kier alpha value is -3.97. The van der Waals surface area contributed by atoms with E-state index in [1.165, 1.54) is 12.1 Å². The van der Waals surface area contributed by atoms with Gasteiger partial charge in [-0.2, -0.15) is 0 Å². The number of hydrogen-bond donors (Lipinski definition) is 2. The van der Waals surface area contributed by atoms with Gasteiger partial charge in [-0.1, -0.05) is 23.3 Å². The number of allylic oxidation sites excluding steroid dienone is 3. The molecule has 7 nitrogen and oxygen atoms in total. The van der Waals surface area contributed by atoms with Crippen LogP contribution in [0, 0.1) is 0 Å². The van der Waals surface area contributed by atoms with Gasteiger partial charge in [0.15, 0.2) is 17.3 Å². The predicted octanol–water partition coefficient (Wildman–Crippen LogP) is 4.76. The van der Waals surface area contributed by atoms with Crippen LogP contribution in [-0.4, -0.2) is 39.6 Å². The maximum Gasteiger partial charge on any atom is 0.331 e. The number of fused-ring (bicyclic) bond motifs is 1. The summed E-state index contributed by atoms with van der Waals surface area (Å²) in [5.41, 5.74) is 0.383. The number of ether oxygens (including phenoxy) is 1. The van der Waals surface area contributed by atoms with Gasteiger partial charge in [0.2, 0.25) is 0 Å². The van der Waals surface area contributed by atoms with Gasteiger partial charge in [0, 0.05) is 28.7 Å². The van der Waals surface area contributed by atoms with Crippen molar-refractivity contribution in [2.24, 2.45) is 0 Å². The second-order valence-electron chi connectivity index (χ2n) is 7.79. The molecule has 0 amide bonds. The highest BCUT2D eigenvalue weighted by atomic mass is 35.5. The molecule has 174 valence electrons. The number of halogens is 1. The zero-order chi connectivity index (χ0) is 25.0. The smallest absolute Gasteiger partial charge is 0.331 e. The van der Waals surface area contributed by atoms with E-state index in [0.717, 1.165) is 35.9 Å². The summed E-state index contributed by atoms with van der Waals surface area (Å²) in [5.74, 6) is -3.72. The SMILES string of the molecule is CC(C)=CC[C@@H](OC(=O)/C=C\C(=O)c1ccc(Cl)cc1)C1=CC(=O)c2c(O)ccc(O)c2C1=O. The fourth-order valence-electron chi connectivity index (χ4n) is 3.34. The summed E-state index contributed by atoms with van der Waals surface area (Å²) in [5, 5.41) is 20.6. The molecule has 1 aliphatic rings. The summed E-state index contributed by atoms with van der Waals surface area (Å²) in [6, 6.07) is 8.31. The molecule has 0 saturated heterocycles. The number of rotatable bonds is 7. The number of phenolic OH excluding ortho intramolecular Hbond substituents is 2. The van der Waals surface area contributed by atoms with Gasteiger partial charge >= 0.3 is 5.97 Å². The van der Waals surface area contributed by atoms with Crippen LogP contribution in [0.2, 0.25) is 5.02 Å². The predicted molar refractivity (Wildman–Crippen MR) is 125 cm³/mol. The number of Topliss-reactive ketones (excluding diaryl/α,β-unsaturated/α-hetero) is 1.